The van der Waals surface area contributed by atoms with E-state index in [-0.39, 0.29) is 35.4 Å². The Bertz CT molecular complexity index is 709. The van der Waals surface area contributed by atoms with Crippen molar-refractivity contribution in [2.75, 3.05) is 5.75 Å². The van der Waals surface area contributed by atoms with Crippen LogP contribution in [0, 0.1) is 0 Å². The lowest BCUT2D eigenvalue weighted by atomic mass is 9.98. The second-order valence-electron chi connectivity index (χ2n) is 6.11. The number of aromatic hydroxyl groups is 1. The van der Waals surface area contributed by atoms with Gasteiger partial charge in [0, 0.05) is 12.1 Å². The summed E-state index contributed by atoms with van der Waals surface area (Å²) in [6.07, 6.45) is 3.28. The van der Waals surface area contributed by atoms with Crippen LogP contribution in [0.1, 0.15) is 33.1 Å². The van der Waals surface area contributed by atoms with E-state index in [1.807, 2.05) is 4.90 Å². The number of carbonyl (C=O) groups is 1. The van der Waals surface area contributed by atoms with Crippen molar-refractivity contribution in [2.24, 2.45) is 0 Å². The number of para-hydroxylation sites is 1. The van der Waals surface area contributed by atoms with E-state index in [2.05, 4.69) is 24.0 Å². The molecule has 2 atom stereocenters. The van der Waals surface area contributed by atoms with Gasteiger partial charge in [-0.15, -0.1) is 10.2 Å². The van der Waals surface area contributed by atoms with Crippen LogP contribution < -0.4 is 0 Å². The zero-order valence-electron chi connectivity index (χ0n) is 13.8. The van der Waals surface area contributed by atoms with E-state index < -0.39 is 0 Å². The summed E-state index contributed by atoms with van der Waals surface area (Å²) >= 11 is 1.23. The smallest absolute Gasteiger partial charge is 0.277 e. The minimum atomic E-state index is 0.0877. The second kappa shape index (κ2) is 7.25. The predicted molar refractivity (Wildman–Crippen MR) is 91.7 cm³/mol. The summed E-state index contributed by atoms with van der Waals surface area (Å²) in [4.78, 5) is 14.5. The molecule has 1 aliphatic heterocycles. The van der Waals surface area contributed by atoms with E-state index in [4.69, 9.17) is 4.42 Å². The largest absolute Gasteiger partial charge is 0.507 e. The molecule has 1 fully saturated rings. The maximum absolute atomic E-state index is 12.5. The van der Waals surface area contributed by atoms with Crippen molar-refractivity contribution in [3.05, 3.63) is 24.3 Å². The van der Waals surface area contributed by atoms with Crippen molar-refractivity contribution in [3.8, 4) is 17.2 Å². The number of carbonyl (C=O) groups excluding carboxylic acids is 1. The van der Waals surface area contributed by atoms with Crippen LogP contribution in [0.15, 0.2) is 33.9 Å². The molecular formula is C17H21N3O3S. The molecule has 1 aromatic heterocycles. The molecule has 7 heteroatoms. The highest BCUT2D eigenvalue weighted by Gasteiger charge is 2.29. The van der Waals surface area contributed by atoms with Gasteiger partial charge in [0.2, 0.25) is 5.91 Å². The Morgan fingerprint density at radius 1 is 1.29 bits per heavy atom. The van der Waals surface area contributed by atoms with E-state index in [0.717, 1.165) is 12.8 Å². The van der Waals surface area contributed by atoms with Crippen LogP contribution in [0.5, 0.6) is 5.75 Å². The summed E-state index contributed by atoms with van der Waals surface area (Å²) in [5.41, 5.74) is 0.487. The lowest BCUT2D eigenvalue weighted by molar-refractivity contribution is -0.134. The van der Waals surface area contributed by atoms with Crippen molar-refractivity contribution in [1.82, 2.24) is 15.1 Å². The molecule has 0 aliphatic carbocycles. The highest BCUT2D eigenvalue weighted by Crippen LogP contribution is 2.30. The van der Waals surface area contributed by atoms with Gasteiger partial charge in [-0.05, 0) is 45.2 Å². The summed E-state index contributed by atoms with van der Waals surface area (Å²) < 4.78 is 5.55. The molecule has 3 rings (SSSR count). The average Bonchev–Trinajstić information content (AvgIpc) is 3.02. The van der Waals surface area contributed by atoms with E-state index in [0.29, 0.717) is 10.8 Å². The van der Waals surface area contributed by atoms with E-state index in [9.17, 15) is 9.90 Å². The third-order valence-corrected chi connectivity index (χ3v) is 5.14. The highest BCUT2D eigenvalue weighted by molar-refractivity contribution is 7.99. The Hall–Kier alpha value is -2.02. The maximum atomic E-state index is 12.5. The zero-order valence-corrected chi connectivity index (χ0v) is 14.6. The van der Waals surface area contributed by atoms with Crippen LogP contribution in [-0.2, 0) is 4.79 Å². The number of phenols is 1. The van der Waals surface area contributed by atoms with E-state index >= 15 is 0 Å². The Morgan fingerprint density at radius 2 is 2.00 bits per heavy atom. The number of benzene rings is 1. The number of amides is 1. The molecule has 1 amide bonds. The van der Waals surface area contributed by atoms with Crippen LogP contribution in [0.4, 0.5) is 0 Å². The van der Waals surface area contributed by atoms with Crippen LogP contribution in [0.25, 0.3) is 11.5 Å². The van der Waals surface area contributed by atoms with Gasteiger partial charge in [0.15, 0.2) is 0 Å². The van der Waals surface area contributed by atoms with E-state index in [1.54, 1.807) is 24.3 Å². The van der Waals surface area contributed by atoms with Gasteiger partial charge in [-0.1, -0.05) is 23.9 Å². The molecule has 0 spiro atoms. The van der Waals surface area contributed by atoms with Crippen LogP contribution in [0.3, 0.4) is 0 Å². The molecule has 128 valence electrons. The molecule has 0 radical (unpaired) electrons. The molecule has 1 aromatic carbocycles. The van der Waals surface area contributed by atoms with Gasteiger partial charge < -0.3 is 14.4 Å². The fourth-order valence-corrected chi connectivity index (χ4v) is 3.77. The molecule has 1 saturated heterocycles. The molecule has 6 nitrogen and oxygen atoms in total. The first-order valence-corrected chi connectivity index (χ1v) is 9.10. The van der Waals surface area contributed by atoms with Gasteiger partial charge in [0.05, 0.1) is 11.3 Å². The summed E-state index contributed by atoms with van der Waals surface area (Å²) in [5.74, 6) is 0.714. The molecule has 24 heavy (non-hydrogen) atoms. The van der Waals surface area contributed by atoms with Gasteiger partial charge in [-0.25, -0.2) is 0 Å². The first-order chi connectivity index (χ1) is 11.6. The first kappa shape index (κ1) is 16.8. The minimum Gasteiger partial charge on any atom is -0.507 e. The topological polar surface area (TPSA) is 79.5 Å². The van der Waals surface area contributed by atoms with Crippen molar-refractivity contribution in [3.63, 3.8) is 0 Å². The summed E-state index contributed by atoms with van der Waals surface area (Å²) in [6.45, 7) is 4.20. The molecule has 1 N–H and O–H groups in total. The van der Waals surface area contributed by atoms with E-state index in [1.165, 1.54) is 18.2 Å². The van der Waals surface area contributed by atoms with Crippen LogP contribution in [0.2, 0.25) is 0 Å². The standard InChI is InChI=1S/C17H21N3O3S/c1-11-6-5-7-12(2)20(11)15(22)10-24-17-19-18-16(23-17)13-8-3-4-9-14(13)21/h3-4,8-9,11-12,21H,5-7,10H2,1-2H3/t11-,12-/m0/s1. The number of hydrogen-bond donors (Lipinski definition) is 1. The minimum absolute atomic E-state index is 0.0877. The predicted octanol–water partition coefficient (Wildman–Crippen LogP) is 3.32. The Kier molecular flexibility index (Phi) is 5.08. The number of hydrogen-bond acceptors (Lipinski definition) is 6. The lowest BCUT2D eigenvalue weighted by Crippen LogP contribution is -2.48. The molecule has 2 aromatic rings. The van der Waals surface area contributed by atoms with Crippen molar-refractivity contribution in [2.45, 2.75) is 50.4 Å². The van der Waals surface area contributed by atoms with Gasteiger partial charge in [0.25, 0.3) is 11.1 Å². The van der Waals surface area contributed by atoms with Crippen LogP contribution in [-0.4, -0.2) is 43.9 Å². The number of likely N-dealkylation sites (tertiary alicyclic amines) is 1. The molecule has 0 unspecified atom stereocenters. The summed E-state index contributed by atoms with van der Waals surface area (Å²) in [6, 6.07) is 7.34. The van der Waals surface area contributed by atoms with Crippen molar-refractivity contribution in [1.29, 1.82) is 0 Å². The molecule has 2 heterocycles. The molecule has 0 saturated carbocycles. The number of aromatic nitrogens is 2. The fourth-order valence-electron chi connectivity index (χ4n) is 3.14. The second-order valence-corrected chi connectivity index (χ2v) is 7.04. The fraction of sp³-hybridized carbons (Fsp3) is 0.471. The zero-order chi connectivity index (χ0) is 17.1. The Morgan fingerprint density at radius 3 is 2.71 bits per heavy atom. The van der Waals surface area contributed by atoms with Crippen LogP contribution >= 0.6 is 11.8 Å². The number of rotatable bonds is 4. The number of piperidine rings is 1. The van der Waals surface area contributed by atoms with Gasteiger partial charge in [-0.2, -0.15) is 0 Å². The summed E-state index contributed by atoms with van der Waals surface area (Å²) in [7, 11) is 0. The van der Waals surface area contributed by atoms with Crippen molar-refractivity contribution < 1.29 is 14.3 Å². The number of nitrogens with zero attached hydrogens (tertiary/aromatic N) is 3. The summed E-state index contributed by atoms with van der Waals surface area (Å²) in [5, 5.41) is 18.1. The van der Waals surface area contributed by atoms with Gasteiger partial charge >= 0.3 is 0 Å². The normalized spacial score (nSPS) is 21.0. The molecule has 0 bridgehead atoms. The van der Waals surface area contributed by atoms with Gasteiger partial charge in [0.1, 0.15) is 5.75 Å². The lowest BCUT2D eigenvalue weighted by Gasteiger charge is -2.39. The molecular weight excluding hydrogens is 326 g/mol. The maximum Gasteiger partial charge on any atom is 0.277 e. The monoisotopic (exact) mass is 347 g/mol. The quantitative estimate of drug-likeness (QED) is 0.855. The third kappa shape index (κ3) is 3.56. The molecule has 1 aliphatic rings. The Balaban J connectivity index is 1.63. The first-order valence-electron chi connectivity index (χ1n) is 8.12. The third-order valence-electron chi connectivity index (χ3n) is 4.34. The highest BCUT2D eigenvalue weighted by atomic mass is 32.2. The van der Waals surface area contributed by atoms with Gasteiger partial charge in [-0.3, -0.25) is 4.79 Å². The number of phenolic OH excluding ortho intramolecular Hbond substituents is 1. The number of thioether (sulfide) groups is 1. The Labute approximate surface area is 145 Å². The SMILES string of the molecule is C[C@H]1CCC[C@H](C)N1C(=O)CSc1nnc(-c2ccccc2O)o1. The average molecular weight is 347 g/mol. The van der Waals surface area contributed by atoms with Crippen molar-refractivity contribution >= 4 is 17.7 Å².